The summed E-state index contributed by atoms with van der Waals surface area (Å²) in [5.74, 6) is -2.31. The first-order chi connectivity index (χ1) is 18.1. The van der Waals surface area contributed by atoms with Crippen molar-refractivity contribution in [1.82, 2.24) is 9.80 Å². The molecule has 8 nitrogen and oxygen atoms in total. The van der Waals surface area contributed by atoms with Crippen molar-refractivity contribution in [3.63, 3.8) is 0 Å². The van der Waals surface area contributed by atoms with Gasteiger partial charge in [0.1, 0.15) is 17.6 Å². The molecule has 0 aromatic heterocycles. The fraction of sp³-hybridized carbons (Fsp3) is 0.767. The third kappa shape index (κ3) is 5.57. The summed E-state index contributed by atoms with van der Waals surface area (Å²) in [6, 6.07) is -1.45. The number of esters is 1. The molecule has 3 rings (SSSR count). The molecule has 1 spiro atoms. The Kier molecular flexibility index (Phi) is 10.2. The number of hydrogen-bond acceptors (Lipinski definition) is 6. The van der Waals surface area contributed by atoms with Crippen molar-refractivity contribution in [2.45, 2.75) is 102 Å². The van der Waals surface area contributed by atoms with E-state index >= 15 is 0 Å². The Morgan fingerprint density at radius 2 is 1.97 bits per heavy atom. The number of fused-ring (bicyclic) bond motifs is 1. The van der Waals surface area contributed by atoms with Crippen LogP contribution in [0.2, 0.25) is 0 Å². The molecular weight excluding hydrogens is 484 g/mol. The number of carbonyl (C=O) groups is 3. The Hall–Kier alpha value is -2.19. The number of hydrogen-bond donors (Lipinski definition) is 1. The van der Waals surface area contributed by atoms with Crippen LogP contribution in [0.15, 0.2) is 25.3 Å². The summed E-state index contributed by atoms with van der Waals surface area (Å²) in [6.07, 6.45) is 9.33. The Morgan fingerprint density at radius 1 is 1.24 bits per heavy atom. The average Bonchev–Trinajstić information content (AvgIpc) is 3.45. The van der Waals surface area contributed by atoms with Gasteiger partial charge in [-0.05, 0) is 57.8 Å². The SMILES string of the molecule is C=CCCCCOC(=O)[C@@H]1[C@H]2C(=O)N([C@@H](CO)CC(C)C)C(C(=O)N(CC=C)CCCC)C23CC[C@@]1(C)O3. The summed E-state index contributed by atoms with van der Waals surface area (Å²) in [5.41, 5.74) is -1.99. The van der Waals surface area contributed by atoms with E-state index in [0.717, 1.165) is 25.7 Å². The fourth-order valence-corrected chi connectivity index (χ4v) is 6.84. The summed E-state index contributed by atoms with van der Waals surface area (Å²) < 4.78 is 12.4. The molecule has 2 unspecified atom stereocenters. The highest BCUT2D eigenvalue weighted by Crippen LogP contribution is 2.63. The number of ether oxygens (including phenoxy) is 2. The fourth-order valence-electron chi connectivity index (χ4n) is 6.84. The Bertz CT molecular complexity index is 890. The lowest BCUT2D eigenvalue weighted by molar-refractivity contribution is -0.162. The standard InChI is InChI=1S/C30H48N2O6/c1-7-10-12-13-18-37-28(36)24-23-26(34)32(22(20-33)19-21(4)5)25(30(23)15-14-29(24,6)38-30)27(35)31(16-9-3)17-11-8-2/h7,9,21-25,33H,1,3,8,10-20H2,2,4-6H3/t22-,23+,24+,25?,29-,30?/m1/s1. The average molecular weight is 533 g/mol. The van der Waals surface area contributed by atoms with Gasteiger partial charge in [0, 0.05) is 13.1 Å². The predicted molar refractivity (Wildman–Crippen MR) is 146 cm³/mol. The molecule has 3 heterocycles. The van der Waals surface area contributed by atoms with Gasteiger partial charge in [-0.3, -0.25) is 14.4 Å². The van der Waals surface area contributed by atoms with Gasteiger partial charge < -0.3 is 24.4 Å². The van der Waals surface area contributed by atoms with Crippen LogP contribution in [-0.2, 0) is 23.9 Å². The van der Waals surface area contributed by atoms with E-state index in [2.05, 4.69) is 20.1 Å². The molecule has 3 aliphatic rings. The number of rotatable bonds is 16. The van der Waals surface area contributed by atoms with Gasteiger partial charge in [0.25, 0.3) is 0 Å². The van der Waals surface area contributed by atoms with Gasteiger partial charge in [0.05, 0.1) is 30.8 Å². The van der Waals surface area contributed by atoms with Crippen LogP contribution in [0.25, 0.3) is 0 Å². The highest BCUT2D eigenvalue weighted by molar-refractivity contribution is 5.98. The molecule has 0 aromatic rings. The quantitative estimate of drug-likeness (QED) is 0.184. The normalized spacial score (nSPS) is 30.4. The maximum absolute atomic E-state index is 14.3. The second-order valence-corrected chi connectivity index (χ2v) is 11.8. The molecule has 3 aliphatic heterocycles. The van der Waals surface area contributed by atoms with Gasteiger partial charge in [-0.25, -0.2) is 0 Å². The summed E-state index contributed by atoms with van der Waals surface area (Å²) in [4.78, 5) is 45.3. The first-order valence-corrected chi connectivity index (χ1v) is 14.4. The molecule has 6 atom stereocenters. The van der Waals surface area contributed by atoms with Crippen molar-refractivity contribution < 1.29 is 29.0 Å². The molecular formula is C30H48N2O6. The summed E-state index contributed by atoms with van der Waals surface area (Å²) in [6.45, 7) is 16.5. The minimum atomic E-state index is -1.12. The van der Waals surface area contributed by atoms with Crippen molar-refractivity contribution >= 4 is 17.8 Å². The van der Waals surface area contributed by atoms with Crippen molar-refractivity contribution in [3.05, 3.63) is 25.3 Å². The maximum Gasteiger partial charge on any atom is 0.312 e. The van der Waals surface area contributed by atoms with E-state index < -0.39 is 41.1 Å². The number of unbranched alkanes of at least 4 members (excludes halogenated alkanes) is 3. The highest BCUT2D eigenvalue weighted by Gasteiger charge is 2.79. The van der Waals surface area contributed by atoms with Crippen LogP contribution in [0.3, 0.4) is 0 Å². The minimum Gasteiger partial charge on any atom is -0.465 e. The summed E-state index contributed by atoms with van der Waals surface area (Å²) >= 11 is 0. The molecule has 3 fully saturated rings. The lowest BCUT2D eigenvalue weighted by Gasteiger charge is -2.40. The van der Waals surface area contributed by atoms with E-state index in [-0.39, 0.29) is 30.9 Å². The molecule has 2 amide bonds. The first-order valence-electron chi connectivity index (χ1n) is 14.4. The second-order valence-electron chi connectivity index (χ2n) is 11.8. The number of nitrogens with zero attached hydrogens (tertiary/aromatic N) is 2. The lowest BCUT2D eigenvalue weighted by Crippen LogP contribution is -2.59. The molecule has 0 saturated carbocycles. The van der Waals surface area contributed by atoms with Crippen molar-refractivity contribution in [2.75, 3.05) is 26.3 Å². The summed E-state index contributed by atoms with van der Waals surface area (Å²) in [5, 5.41) is 10.4. The van der Waals surface area contributed by atoms with Crippen LogP contribution in [0.4, 0.5) is 0 Å². The molecule has 1 N–H and O–H groups in total. The number of amides is 2. The molecule has 38 heavy (non-hydrogen) atoms. The van der Waals surface area contributed by atoms with Gasteiger partial charge in [0.15, 0.2) is 0 Å². The van der Waals surface area contributed by atoms with E-state index in [1.165, 1.54) is 0 Å². The topological polar surface area (TPSA) is 96.4 Å². The summed E-state index contributed by atoms with van der Waals surface area (Å²) in [7, 11) is 0. The van der Waals surface area contributed by atoms with Gasteiger partial charge in [-0.1, -0.05) is 39.3 Å². The van der Waals surface area contributed by atoms with Crippen LogP contribution >= 0.6 is 0 Å². The third-order valence-corrected chi connectivity index (χ3v) is 8.54. The second kappa shape index (κ2) is 12.8. The Labute approximate surface area is 228 Å². The van der Waals surface area contributed by atoms with Gasteiger partial charge >= 0.3 is 5.97 Å². The molecule has 0 radical (unpaired) electrons. The number of allylic oxidation sites excluding steroid dienone is 1. The zero-order valence-corrected chi connectivity index (χ0v) is 23.8. The molecule has 0 aromatic carbocycles. The van der Waals surface area contributed by atoms with E-state index in [0.29, 0.717) is 38.8 Å². The maximum atomic E-state index is 14.3. The lowest BCUT2D eigenvalue weighted by atomic mass is 9.66. The van der Waals surface area contributed by atoms with E-state index in [4.69, 9.17) is 9.47 Å². The smallest absolute Gasteiger partial charge is 0.312 e. The molecule has 8 heteroatoms. The Balaban J connectivity index is 2.00. The van der Waals surface area contributed by atoms with Crippen molar-refractivity contribution in [3.8, 4) is 0 Å². The number of aliphatic hydroxyl groups excluding tert-OH is 1. The van der Waals surface area contributed by atoms with Gasteiger partial charge in [-0.2, -0.15) is 0 Å². The van der Waals surface area contributed by atoms with Crippen LogP contribution in [0, 0.1) is 17.8 Å². The highest BCUT2D eigenvalue weighted by atomic mass is 16.6. The zero-order chi connectivity index (χ0) is 28.1. The minimum absolute atomic E-state index is 0.195. The van der Waals surface area contributed by atoms with Crippen LogP contribution in [0.1, 0.15) is 79.1 Å². The van der Waals surface area contributed by atoms with Crippen molar-refractivity contribution in [1.29, 1.82) is 0 Å². The Morgan fingerprint density at radius 3 is 2.58 bits per heavy atom. The van der Waals surface area contributed by atoms with Gasteiger partial charge in [0.2, 0.25) is 11.8 Å². The van der Waals surface area contributed by atoms with E-state index in [1.54, 1.807) is 15.9 Å². The molecule has 2 bridgehead atoms. The predicted octanol–water partition coefficient (Wildman–Crippen LogP) is 3.87. The number of likely N-dealkylation sites (tertiary alicyclic amines) is 1. The molecule has 214 valence electrons. The van der Waals surface area contributed by atoms with Crippen molar-refractivity contribution in [2.24, 2.45) is 17.8 Å². The largest absolute Gasteiger partial charge is 0.465 e. The number of carbonyl (C=O) groups excluding carboxylic acids is 3. The first kappa shape index (κ1) is 30.4. The van der Waals surface area contributed by atoms with Crippen LogP contribution < -0.4 is 0 Å². The monoisotopic (exact) mass is 532 g/mol. The van der Waals surface area contributed by atoms with E-state index in [9.17, 15) is 19.5 Å². The molecule has 3 saturated heterocycles. The number of aliphatic hydroxyl groups is 1. The van der Waals surface area contributed by atoms with Gasteiger partial charge in [-0.15, -0.1) is 13.2 Å². The van der Waals surface area contributed by atoms with Crippen LogP contribution in [0.5, 0.6) is 0 Å². The van der Waals surface area contributed by atoms with Crippen LogP contribution in [-0.4, -0.2) is 82.3 Å². The van der Waals surface area contributed by atoms with E-state index in [1.807, 2.05) is 26.8 Å². The third-order valence-electron chi connectivity index (χ3n) is 8.54. The molecule has 0 aliphatic carbocycles. The zero-order valence-electron chi connectivity index (χ0n) is 23.8.